The molecule has 1 atom stereocenters. The van der Waals surface area contributed by atoms with Crippen LogP contribution in [0.1, 0.15) is 36.2 Å². The molecule has 94 valence electrons. The van der Waals surface area contributed by atoms with Gasteiger partial charge in [0, 0.05) is 10.0 Å². The van der Waals surface area contributed by atoms with E-state index in [-0.39, 0.29) is 12.5 Å². The third kappa shape index (κ3) is 3.82. The molecule has 1 aromatic rings. The molecule has 0 spiro atoms. The van der Waals surface area contributed by atoms with Crippen molar-refractivity contribution in [2.75, 3.05) is 6.61 Å². The lowest BCUT2D eigenvalue weighted by atomic mass is 9.99. The van der Waals surface area contributed by atoms with Crippen LogP contribution in [0.2, 0.25) is 0 Å². The summed E-state index contributed by atoms with van der Waals surface area (Å²) >= 11 is 3.37. The molecule has 4 heteroatoms. The first-order valence-corrected chi connectivity index (χ1v) is 6.40. The number of halogens is 1. The molecule has 0 aliphatic rings. The van der Waals surface area contributed by atoms with Gasteiger partial charge in [-0.3, -0.25) is 4.79 Å². The summed E-state index contributed by atoms with van der Waals surface area (Å²) in [5.41, 5.74) is 1.06. The van der Waals surface area contributed by atoms with Gasteiger partial charge < -0.3 is 10.4 Å². The van der Waals surface area contributed by atoms with Crippen LogP contribution in [0.25, 0.3) is 0 Å². The standard InChI is InChI=1S/C13H18BrNO2/c1-4-13(3,8-16)15-12(17)10-5-9(2)6-11(14)7-10/h5-7,16H,4,8H2,1-3H3,(H,15,17). The van der Waals surface area contributed by atoms with E-state index in [1.54, 1.807) is 6.07 Å². The zero-order valence-corrected chi connectivity index (χ0v) is 12.0. The maximum absolute atomic E-state index is 12.0. The number of benzene rings is 1. The predicted molar refractivity (Wildman–Crippen MR) is 72.1 cm³/mol. The summed E-state index contributed by atoms with van der Waals surface area (Å²) in [5.74, 6) is -0.159. The molecule has 3 nitrogen and oxygen atoms in total. The lowest BCUT2D eigenvalue weighted by Crippen LogP contribution is -2.48. The average molecular weight is 300 g/mol. The van der Waals surface area contributed by atoms with Crippen molar-refractivity contribution in [2.45, 2.75) is 32.7 Å². The average Bonchev–Trinajstić information content (AvgIpc) is 2.27. The van der Waals surface area contributed by atoms with E-state index >= 15 is 0 Å². The van der Waals surface area contributed by atoms with E-state index in [9.17, 15) is 9.90 Å². The normalized spacial score (nSPS) is 14.2. The zero-order chi connectivity index (χ0) is 13.1. The van der Waals surface area contributed by atoms with Crippen LogP contribution in [0.4, 0.5) is 0 Å². The maximum Gasteiger partial charge on any atom is 0.251 e. The van der Waals surface area contributed by atoms with Gasteiger partial charge in [-0.25, -0.2) is 0 Å². The quantitative estimate of drug-likeness (QED) is 0.898. The van der Waals surface area contributed by atoms with Crippen LogP contribution in [0.15, 0.2) is 22.7 Å². The number of amides is 1. The second-order valence-corrected chi connectivity index (χ2v) is 5.46. The molecule has 0 fully saturated rings. The summed E-state index contributed by atoms with van der Waals surface area (Å²) in [5, 5.41) is 12.1. The van der Waals surface area contributed by atoms with Gasteiger partial charge in [0.15, 0.2) is 0 Å². The first kappa shape index (κ1) is 14.2. The Kier molecular flexibility index (Phi) is 4.71. The third-order valence-corrected chi connectivity index (χ3v) is 3.31. The molecule has 0 bridgehead atoms. The molecule has 17 heavy (non-hydrogen) atoms. The van der Waals surface area contributed by atoms with Crippen LogP contribution in [-0.4, -0.2) is 23.2 Å². The number of hydrogen-bond donors (Lipinski definition) is 2. The molecule has 0 saturated carbocycles. The summed E-state index contributed by atoms with van der Waals surface area (Å²) in [6.07, 6.45) is 0.683. The molecule has 1 rings (SSSR count). The topological polar surface area (TPSA) is 49.3 Å². The first-order valence-electron chi connectivity index (χ1n) is 5.61. The second kappa shape index (κ2) is 5.65. The lowest BCUT2D eigenvalue weighted by molar-refractivity contribution is 0.0847. The second-order valence-electron chi connectivity index (χ2n) is 4.54. The molecule has 0 saturated heterocycles. The number of nitrogens with one attached hydrogen (secondary N) is 1. The summed E-state index contributed by atoms with van der Waals surface area (Å²) in [6, 6.07) is 5.55. The van der Waals surface area contributed by atoms with Gasteiger partial charge in [-0.1, -0.05) is 22.9 Å². The molecular weight excluding hydrogens is 282 g/mol. The molecular formula is C13H18BrNO2. The first-order chi connectivity index (χ1) is 7.90. The number of carbonyl (C=O) groups excluding carboxylic acids is 1. The van der Waals surface area contributed by atoms with Crippen LogP contribution >= 0.6 is 15.9 Å². The van der Waals surface area contributed by atoms with E-state index in [1.165, 1.54) is 0 Å². The Balaban J connectivity index is 2.90. The zero-order valence-electron chi connectivity index (χ0n) is 10.4. The highest BCUT2D eigenvalue weighted by Gasteiger charge is 2.23. The molecule has 0 aliphatic carbocycles. The smallest absolute Gasteiger partial charge is 0.251 e. The minimum Gasteiger partial charge on any atom is -0.394 e. The van der Waals surface area contributed by atoms with Crippen molar-refractivity contribution in [3.8, 4) is 0 Å². The largest absolute Gasteiger partial charge is 0.394 e. The Bertz CT molecular complexity index is 394. The summed E-state index contributed by atoms with van der Waals surface area (Å²) in [4.78, 5) is 12.0. The van der Waals surface area contributed by atoms with Gasteiger partial charge in [-0.15, -0.1) is 0 Å². The molecule has 1 aromatic carbocycles. The van der Waals surface area contributed by atoms with E-state index in [4.69, 9.17) is 0 Å². The van der Waals surface area contributed by atoms with E-state index in [2.05, 4.69) is 21.2 Å². The van der Waals surface area contributed by atoms with Crippen LogP contribution in [-0.2, 0) is 0 Å². The number of hydrogen-bond acceptors (Lipinski definition) is 2. The number of aliphatic hydroxyl groups excluding tert-OH is 1. The van der Waals surface area contributed by atoms with E-state index in [0.717, 1.165) is 10.0 Å². The van der Waals surface area contributed by atoms with Gasteiger partial charge >= 0.3 is 0 Å². The van der Waals surface area contributed by atoms with Crippen LogP contribution in [0, 0.1) is 6.92 Å². The monoisotopic (exact) mass is 299 g/mol. The van der Waals surface area contributed by atoms with Crippen molar-refractivity contribution >= 4 is 21.8 Å². The highest BCUT2D eigenvalue weighted by molar-refractivity contribution is 9.10. The van der Waals surface area contributed by atoms with Crippen molar-refractivity contribution in [3.05, 3.63) is 33.8 Å². The van der Waals surface area contributed by atoms with Crippen molar-refractivity contribution < 1.29 is 9.90 Å². The van der Waals surface area contributed by atoms with E-state index in [0.29, 0.717) is 12.0 Å². The maximum atomic E-state index is 12.0. The fraction of sp³-hybridized carbons (Fsp3) is 0.462. The van der Waals surface area contributed by atoms with Gasteiger partial charge in [-0.05, 0) is 44.0 Å². The Morgan fingerprint density at radius 3 is 2.59 bits per heavy atom. The fourth-order valence-corrected chi connectivity index (χ4v) is 2.06. The van der Waals surface area contributed by atoms with E-state index in [1.807, 2.05) is 32.9 Å². The molecule has 2 N–H and O–H groups in total. The predicted octanol–water partition coefficient (Wildman–Crippen LogP) is 2.65. The van der Waals surface area contributed by atoms with Crippen LogP contribution < -0.4 is 5.32 Å². The van der Waals surface area contributed by atoms with Gasteiger partial charge in [0.25, 0.3) is 5.91 Å². The molecule has 0 aliphatic heterocycles. The van der Waals surface area contributed by atoms with Gasteiger partial charge in [0.1, 0.15) is 0 Å². The van der Waals surface area contributed by atoms with Crippen LogP contribution in [0.3, 0.4) is 0 Å². The molecule has 0 heterocycles. The lowest BCUT2D eigenvalue weighted by Gasteiger charge is -2.27. The molecule has 1 amide bonds. The Hall–Kier alpha value is -0.870. The van der Waals surface area contributed by atoms with Gasteiger partial charge in [0.05, 0.1) is 12.1 Å². The molecule has 0 radical (unpaired) electrons. The Morgan fingerprint density at radius 2 is 2.12 bits per heavy atom. The van der Waals surface area contributed by atoms with E-state index < -0.39 is 5.54 Å². The Labute approximate surface area is 110 Å². The summed E-state index contributed by atoms with van der Waals surface area (Å²) in [7, 11) is 0. The summed E-state index contributed by atoms with van der Waals surface area (Å²) in [6.45, 7) is 5.63. The number of aliphatic hydroxyl groups is 1. The fourth-order valence-electron chi connectivity index (χ4n) is 1.45. The van der Waals surface area contributed by atoms with Gasteiger partial charge in [-0.2, -0.15) is 0 Å². The van der Waals surface area contributed by atoms with Crippen LogP contribution in [0.5, 0.6) is 0 Å². The Morgan fingerprint density at radius 1 is 1.47 bits per heavy atom. The minimum absolute atomic E-state index is 0.0672. The SMILES string of the molecule is CCC(C)(CO)NC(=O)c1cc(C)cc(Br)c1. The van der Waals surface area contributed by atoms with Crippen molar-refractivity contribution in [2.24, 2.45) is 0 Å². The number of carbonyl (C=O) groups is 1. The summed E-state index contributed by atoms with van der Waals surface area (Å²) < 4.78 is 0.879. The van der Waals surface area contributed by atoms with Crippen molar-refractivity contribution in [1.82, 2.24) is 5.32 Å². The van der Waals surface area contributed by atoms with Gasteiger partial charge in [0.2, 0.25) is 0 Å². The number of aryl methyl sites for hydroxylation is 1. The minimum atomic E-state index is -0.562. The van der Waals surface area contributed by atoms with Crippen molar-refractivity contribution in [1.29, 1.82) is 0 Å². The molecule has 1 unspecified atom stereocenters. The highest BCUT2D eigenvalue weighted by atomic mass is 79.9. The third-order valence-electron chi connectivity index (χ3n) is 2.85. The number of rotatable bonds is 4. The van der Waals surface area contributed by atoms with Crippen molar-refractivity contribution in [3.63, 3.8) is 0 Å². The molecule has 0 aromatic heterocycles. The highest BCUT2D eigenvalue weighted by Crippen LogP contribution is 2.16.